The van der Waals surface area contributed by atoms with E-state index >= 15 is 0 Å². The van der Waals surface area contributed by atoms with Crippen molar-refractivity contribution >= 4 is 17.6 Å². The molecule has 8 nitrogen and oxygen atoms in total. The number of ether oxygens (including phenoxy) is 4. The molecule has 0 spiro atoms. The second-order valence-electron chi connectivity index (χ2n) is 5.70. The molecular formula is C19H18FNO7. The van der Waals surface area contributed by atoms with Crippen molar-refractivity contribution in [1.82, 2.24) is 0 Å². The largest absolute Gasteiger partial charge is 0.483 e. The van der Waals surface area contributed by atoms with Crippen LogP contribution in [0.25, 0.3) is 0 Å². The van der Waals surface area contributed by atoms with Crippen LogP contribution in [0.5, 0.6) is 5.75 Å². The van der Waals surface area contributed by atoms with Crippen LogP contribution in [0.4, 0.5) is 10.1 Å². The summed E-state index contributed by atoms with van der Waals surface area (Å²) in [5.74, 6) is -1.28. The van der Waals surface area contributed by atoms with Gasteiger partial charge in [0.25, 0.3) is 0 Å². The fraction of sp³-hybridized carbons (Fsp3) is 0.263. The molecule has 0 fully saturated rings. The molecule has 28 heavy (non-hydrogen) atoms. The molecule has 0 radical (unpaired) electrons. The molecule has 2 aromatic rings. The number of anilines is 1. The number of rotatable bonds is 6. The van der Waals surface area contributed by atoms with Crippen molar-refractivity contribution in [2.45, 2.75) is 6.61 Å². The normalized spacial score (nSPS) is 14.0. The van der Waals surface area contributed by atoms with Crippen molar-refractivity contribution in [3.8, 4) is 5.75 Å². The highest BCUT2D eigenvalue weighted by atomic mass is 19.1. The van der Waals surface area contributed by atoms with E-state index in [1.54, 1.807) is 12.1 Å². The molecule has 1 aliphatic heterocycles. The van der Waals surface area contributed by atoms with Crippen molar-refractivity contribution in [1.29, 1.82) is 0 Å². The number of hydrogen-bond acceptors (Lipinski definition) is 8. The second-order valence-corrected chi connectivity index (χ2v) is 5.70. The number of esters is 2. The molecule has 1 aromatic carbocycles. The maximum atomic E-state index is 14.0. The van der Waals surface area contributed by atoms with Gasteiger partial charge >= 0.3 is 11.9 Å². The fourth-order valence-electron chi connectivity index (χ4n) is 2.70. The zero-order valence-electron chi connectivity index (χ0n) is 15.3. The van der Waals surface area contributed by atoms with Gasteiger partial charge < -0.3 is 28.3 Å². The van der Waals surface area contributed by atoms with E-state index in [1.807, 2.05) is 0 Å². The smallest absolute Gasteiger partial charge is 0.355 e. The third kappa shape index (κ3) is 3.99. The van der Waals surface area contributed by atoms with E-state index in [0.29, 0.717) is 5.76 Å². The Morgan fingerprint density at radius 3 is 2.64 bits per heavy atom. The van der Waals surface area contributed by atoms with Crippen LogP contribution in [0, 0.1) is 5.82 Å². The minimum atomic E-state index is -0.787. The quantitative estimate of drug-likeness (QED) is 0.694. The van der Waals surface area contributed by atoms with E-state index in [1.165, 1.54) is 43.6 Å². The Hall–Kier alpha value is -3.33. The average molecular weight is 391 g/mol. The molecule has 9 heteroatoms. The van der Waals surface area contributed by atoms with Crippen molar-refractivity contribution < 1.29 is 37.3 Å². The first kappa shape index (κ1) is 19.4. The summed E-state index contributed by atoms with van der Waals surface area (Å²) in [5, 5.41) is 0. The first-order valence-corrected chi connectivity index (χ1v) is 8.25. The number of nitrogens with zero attached hydrogens (tertiary/aromatic N) is 1. The summed E-state index contributed by atoms with van der Waals surface area (Å²) in [6, 6.07) is 7.24. The number of carbonyl (C=O) groups is 2. The Morgan fingerprint density at radius 1 is 1.18 bits per heavy atom. The van der Waals surface area contributed by atoms with Crippen LogP contribution in [0.15, 0.2) is 52.3 Å². The van der Waals surface area contributed by atoms with Gasteiger partial charge in [0.05, 0.1) is 38.4 Å². The molecule has 0 aliphatic carbocycles. The summed E-state index contributed by atoms with van der Waals surface area (Å²) in [7, 11) is 2.36. The summed E-state index contributed by atoms with van der Waals surface area (Å²) in [6.45, 7) is -0.182. The number of methoxy groups -OCH3 is 2. The average Bonchev–Trinajstić information content (AvgIpc) is 3.24. The monoisotopic (exact) mass is 391 g/mol. The maximum Gasteiger partial charge on any atom is 0.355 e. The molecular weight excluding hydrogens is 373 g/mol. The van der Waals surface area contributed by atoms with Crippen molar-refractivity contribution in [2.24, 2.45) is 0 Å². The molecule has 0 saturated carbocycles. The molecule has 1 aliphatic rings. The topological polar surface area (TPSA) is 87.4 Å². The van der Waals surface area contributed by atoms with E-state index in [-0.39, 0.29) is 42.7 Å². The predicted octanol–water partition coefficient (Wildman–Crippen LogP) is 2.39. The number of halogens is 1. The van der Waals surface area contributed by atoms with Crippen LogP contribution in [0.1, 0.15) is 5.76 Å². The third-order valence-corrected chi connectivity index (χ3v) is 3.99. The second kappa shape index (κ2) is 8.57. The number of benzene rings is 1. The first-order valence-electron chi connectivity index (χ1n) is 8.25. The van der Waals surface area contributed by atoms with E-state index < -0.39 is 17.8 Å². The van der Waals surface area contributed by atoms with Crippen molar-refractivity contribution in [3.05, 3.63) is 59.4 Å². The van der Waals surface area contributed by atoms with Crippen LogP contribution >= 0.6 is 0 Å². The zero-order chi connectivity index (χ0) is 20.1. The van der Waals surface area contributed by atoms with Gasteiger partial charge in [0.2, 0.25) is 0 Å². The molecule has 1 aromatic heterocycles. The predicted molar refractivity (Wildman–Crippen MR) is 93.8 cm³/mol. The number of hydrogen-bond donors (Lipinski definition) is 0. The van der Waals surface area contributed by atoms with E-state index in [4.69, 9.17) is 23.4 Å². The molecule has 0 saturated heterocycles. The fourth-order valence-corrected chi connectivity index (χ4v) is 2.70. The van der Waals surface area contributed by atoms with Crippen LogP contribution in [0.3, 0.4) is 0 Å². The van der Waals surface area contributed by atoms with Gasteiger partial charge in [0, 0.05) is 6.07 Å². The van der Waals surface area contributed by atoms with Gasteiger partial charge in [-0.05, 0) is 24.3 Å². The molecule has 3 rings (SSSR count). The van der Waals surface area contributed by atoms with Gasteiger partial charge in [0.15, 0.2) is 0 Å². The van der Waals surface area contributed by atoms with Gasteiger partial charge in [0.1, 0.15) is 36.4 Å². The Balaban J connectivity index is 2.03. The minimum absolute atomic E-state index is 0.0400. The van der Waals surface area contributed by atoms with Crippen LogP contribution in [0.2, 0.25) is 0 Å². The molecule has 0 unspecified atom stereocenters. The standard InChI is InChI=1S/C19H18FNO7/c1-24-18(22)14-10-26-11-21(17(14)19(23)25-2)15-8-12(20)5-6-16(15)28-9-13-4-3-7-27-13/h3-8H,9-11H2,1-2H3. The highest BCUT2D eigenvalue weighted by Gasteiger charge is 2.34. The van der Waals surface area contributed by atoms with Crippen molar-refractivity contribution in [2.75, 3.05) is 32.5 Å². The molecule has 0 atom stereocenters. The lowest BCUT2D eigenvalue weighted by atomic mass is 10.1. The Labute approximate surface area is 160 Å². The van der Waals surface area contributed by atoms with Gasteiger partial charge in [-0.25, -0.2) is 14.0 Å². The first-order chi connectivity index (χ1) is 13.5. The Morgan fingerprint density at radius 2 is 1.96 bits per heavy atom. The lowest BCUT2D eigenvalue weighted by Crippen LogP contribution is -2.39. The summed E-state index contributed by atoms with van der Waals surface area (Å²) in [5.41, 5.74) is 0.0453. The van der Waals surface area contributed by atoms with Crippen LogP contribution < -0.4 is 9.64 Å². The lowest BCUT2D eigenvalue weighted by molar-refractivity contribution is -0.140. The van der Waals surface area contributed by atoms with Crippen LogP contribution in [-0.4, -0.2) is 39.5 Å². The summed E-state index contributed by atoms with van der Waals surface area (Å²) in [6.07, 6.45) is 1.50. The van der Waals surface area contributed by atoms with Crippen molar-refractivity contribution in [3.63, 3.8) is 0 Å². The third-order valence-electron chi connectivity index (χ3n) is 3.99. The maximum absolute atomic E-state index is 14.0. The molecule has 0 amide bonds. The Kier molecular flexibility index (Phi) is 5.95. The highest BCUT2D eigenvalue weighted by molar-refractivity contribution is 6.03. The molecule has 2 heterocycles. The van der Waals surface area contributed by atoms with Gasteiger partial charge in [-0.3, -0.25) is 0 Å². The lowest BCUT2D eigenvalue weighted by Gasteiger charge is -2.32. The summed E-state index contributed by atoms with van der Waals surface area (Å²) in [4.78, 5) is 25.8. The number of furan rings is 1. The highest BCUT2D eigenvalue weighted by Crippen LogP contribution is 2.35. The van der Waals surface area contributed by atoms with Gasteiger partial charge in [-0.1, -0.05) is 0 Å². The summed E-state index contributed by atoms with van der Waals surface area (Å²) >= 11 is 0. The summed E-state index contributed by atoms with van der Waals surface area (Å²) < 4.78 is 39.9. The number of carbonyl (C=O) groups excluding carboxylic acids is 2. The molecule has 148 valence electrons. The zero-order valence-corrected chi connectivity index (χ0v) is 15.3. The SMILES string of the molecule is COC(=O)C1=C(C(=O)OC)N(c2cc(F)ccc2OCc2ccco2)COC1. The van der Waals surface area contributed by atoms with Gasteiger partial charge in [-0.2, -0.15) is 0 Å². The molecule has 0 bridgehead atoms. The van der Waals surface area contributed by atoms with Gasteiger partial charge in [-0.15, -0.1) is 0 Å². The molecule has 0 N–H and O–H groups in total. The minimum Gasteiger partial charge on any atom is -0.483 e. The van der Waals surface area contributed by atoms with E-state index in [0.717, 1.165) is 0 Å². The van der Waals surface area contributed by atoms with Crippen LogP contribution in [-0.2, 0) is 30.4 Å². The Bertz CT molecular complexity index is 892. The van der Waals surface area contributed by atoms with E-state index in [2.05, 4.69) is 0 Å². The van der Waals surface area contributed by atoms with E-state index in [9.17, 15) is 14.0 Å².